The van der Waals surface area contributed by atoms with Crippen molar-refractivity contribution in [2.75, 3.05) is 13.2 Å². The first-order chi connectivity index (χ1) is 10.4. The van der Waals surface area contributed by atoms with Crippen LogP contribution in [-0.2, 0) is 9.47 Å². The molecule has 1 heterocycles. The van der Waals surface area contributed by atoms with Gasteiger partial charge in [-0.25, -0.2) is 0 Å². The Balaban J connectivity index is 2.09. The quantitative estimate of drug-likeness (QED) is 0.418. The lowest BCUT2D eigenvalue weighted by atomic mass is 9.98. The zero-order valence-electron chi connectivity index (χ0n) is 14.0. The molecule has 2 nitrogen and oxygen atoms in total. The van der Waals surface area contributed by atoms with Crippen LogP contribution in [0.25, 0.3) is 0 Å². The second-order valence-corrected chi connectivity index (χ2v) is 13.0. The predicted octanol–water partition coefficient (Wildman–Crippen LogP) is 4.05. The van der Waals surface area contributed by atoms with Gasteiger partial charge in [-0.05, 0) is 18.0 Å². The van der Waals surface area contributed by atoms with Gasteiger partial charge in [0.15, 0.2) is 0 Å². The minimum Gasteiger partial charge on any atom is -0.370 e. The Hall–Kier alpha value is -1.08. The molecule has 1 saturated carbocycles. The van der Waals surface area contributed by atoms with E-state index >= 15 is 0 Å². The third kappa shape index (κ3) is 4.46. The molecule has 1 aliphatic carbocycles. The number of hydrogen-bond donors (Lipinski definition) is 0. The van der Waals surface area contributed by atoms with Crippen molar-refractivity contribution in [2.45, 2.75) is 44.3 Å². The van der Waals surface area contributed by atoms with Crippen LogP contribution in [0.3, 0.4) is 0 Å². The van der Waals surface area contributed by atoms with E-state index in [0.29, 0.717) is 25.0 Å². The highest BCUT2D eigenvalue weighted by molar-refractivity contribution is 6.76. The Morgan fingerprint density at radius 2 is 2.27 bits per heavy atom. The first-order valence-electron chi connectivity index (χ1n) is 8.11. The molecule has 2 aliphatic rings. The molecule has 22 heavy (non-hydrogen) atoms. The Morgan fingerprint density at radius 3 is 2.91 bits per heavy atom. The van der Waals surface area contributed by atoms with Crippen molar-refractivity contribution in [1.29, 1.82) is 0 Å². The van der Waals surface area contributed by atoms with Crippen LogP contribution >= 0.6 is 0 Å². The van der Waals surface area contributed by atoms with E-state index in [2.05, 4.69) is 50.4 Å². The van der Waals surface area contributed by atoms with Crippen molar-refractivity contribution in [3.63, 3.8) is 0 Å². The Kier molecular flexibility index (Phi) is 5.85. The highest BCUT2D eigenvalue weighted by Crippen LogP contribution is 2.40. The molecule has 0 spiro atoms. The van der Waals surface area contributed by atoms with Crippen LogP contribution in [0.1, 0.15) is 6.42 Å². The molecule has 0 saturated heterocycles. The molecular formula is C19H28O2Si. The third-order valence-electron chi connectivity index (χ3n) is 4.32. The summed E-state index contributed by atoms with van der Waals surface area (Å²) in [6.45, 7) is 12.0. The molecule has 0 amide bonds. The van der Waals surface area contributed by atoms with Gasteiger partial charge >= 0.3 is 0 Å². The van der Waals surface area contributed by atoms with Crippen LogP contribution in [0.15, 0.2) is 36.5 Å². The van der Waals surface area contributed by atoms with Gasteiger partial charge in [0, 0.05) is 19.9 Å². The zero-order chi connectivity index (χ0) is 16.2. The SMILES string of the molecule is C#CCO[C@H]1[C@H]2OCC(C=C)=C[C@H]2C[C@H]1/C=C/C[Si](C)(C)C. The molecule has 0 unspecified atom stereocenters. The summed E-state index contributed by atoms with van der Waals surface area (Å²) in [6.07, 6.45) is 15.5. The summed E-state index contributed by atoms with van der Waals surface area (Å²) < 4.78 is 12.0. The smallest absolute Gasteiger partial charge is 0.107 e. The second-order valence-electron chi connectivity index (χ2n) is 7.46. The molecule has 0 aromatic heterocycles. The van der Waals surface area contributed by atoms with Gasteiger partial charge in [-0.15, -0.1) is 6.42 Å². The summed E-state index contributed by atoms with van der Waals surface area (Å²) in [7, 11) is -1.05. The lowest BCUT2D eigenvalue weighted by molar-refractivity contribution is -0.0637. The number of ether oxygens (including phenoxy) is 2. The first-order valence-corrected chi connectivity index (χ1v) is 11.8. The van der Waals surface area contributed by atoms with Gasteiger partial charge in [-0.1, -0.05) is 56.4 Å². The average molecular weight is 317 g/mol. The molecule has 3 heteroatoms. The molecule has 0 radical (unpaired) electrons. The summed E-state index contributed by atoms with van der Waals surface area (Å²) in [5, 5.41) is 0. The minimum atomic E-state index is -1.05. The van der Waals surface area contributed by atoms with Crippen LogP contribution < -0.4 is 0 Å². The van der Waals surface area contributed by atoms with E-state index in [4.69, 9.17) is 15.9 Å². The van der Waals surface area contributed by atoms with Gasteiger partial charge in [0.25, 0.3) is 0 Å². The highest BCUT2D eigenvalue weighted by Gasteiger charge is 2.44. The second kappa shape index (κ2) is 7.46. The van der Waals surface area contributed by atoms with E-state index in [9.17, 15) is 0 Å². The Labute approximate surface area is 136 Å². The van der Waals surface area contributed by atoms with E-state index in [-0.39, 0.29) is 12.2 Å². The highest BCUT2D eigenvalue weighted by atomic mass is 28.3. The van der Waals surface area contributed by atoms with E-state index < -0.39 is 8.07 Å². The largest absolute Gasteiger partial charge is 0.370 e. The van der Waals surface area contributed by atoms with Crippen LogP contribution in [0.4, 0.5) is 0 Å². The maximum Gasteiger partial charge on any atom is 0.107 e. The summed E-state index contributed by atoms with van der Waals surface area (Å²) in [5.41, 5.74) is 1.18. The number of rotatable bonds is 6. The van der Waals surface area contributed by atoms with Crippen molar-refractivity contribution < 1.29 is 9.47 Å². The van der Waals surface area contributed by atoms with Crippen molar-refractivity contribution >= 4 is 8.07 Å². The summed E-state index contributed by atoms with van der Waals surface area (Å²) >= 11 is 0. The van der Waals surface area contributed by atoms with E-state index in [1.54, 1.807) is 0 Å². The summed E-state index contributed by atoms with van der Waals surface area (Å²) in [5.74, 6) is 3.38. The molecule has 1 aliphatic heterocycles. The van der Waals surface area contributed by atoms with Crippen molar-refractivity contribution in [2.24, 2.45) is 11.8 Å². The van der Waals surface area contributed by atoms with Crippen LogP contribution in [0, 0.1) is 24.2 Å². The van der Waals surface area contributed by atoms with Gasteiger partial charge in [0.05, 0.1) is 18.8 Å². The van der Waals surface area contributed by atoms with E-state index in [1.807, 2.05) is 6.08 Å². The molecule has 0 bridgehead atoms. The fourth-order valence-corrected chi connectivity index (χ4v) is 4.08. The van der Waals surface area contributed by atoms with Gasteiger partial charge in [-0.3, -0.25) is 0 Å². The van der Waals surface area contributed by atoms with Crippen LogP contribution in [0.5, 0.6) is 0 Å². The lowest BCUT2D eigenvalue weighted by Crippen LogP contribution is -2.35. The molecular weight excluding hydrogens is 288 g/mol. The number of terminal acetylenes is 1. The summed E-state index contributed by atoms with van der Waals surface area (Å²) in [4.78, 5) is 0. The van der Waals surface area contributed by atoms with E-state index in [0.717, 1.165) is 6.42 Å². The first kappa shape index (κ1) is 17.3. The fourth-order valence-electron chi connectivity index (χ4n) is 3.24. The third-order valence-corrected chi connectivity index (χ3v) is 5.78. The van der Waals surface area contributed by atoms with Crippen molar-refractivity contribution in [3.8, 4) is 12.3 Å². The number of hydrogen-bond acceptors (Lipinski definition) is 2. The zero-order valence-corrected chi connectivity index (χ0v) is 15.0. The molecule has 0 aromatic rings. The monoisotopic (exact) mass is 316 g/mol. The number of allylic oxidation sites excluding steroid dienone is 1. The fraction of sp³-hybridized carbons (Fsp3) is 0.579. The minimum absolute atomic E-state index is 0.0709. The van der Waals surface area contributed by atoms with Gasteiger partial charge in [0.1, 0.15) is 6.61 Å². The Morgan fingerprint density at radius 1 is 1.50 bits per heavy atom. The maximum atomic E-state index is 6.03. The normalized spacial score (nSPS) is 31.6. The standard InChI is InChI=1S/C19H28O2Si/c1-6-10-20-18-16(9-8-11-22(3,4)5)13-17-12-15(7-2)14-21-19(17)18/h1,7-9,12,16-19H,2,10-11,13-14H2,3-5H3/b9-8+/t16-,17+,18-,19+/m1/s1. The van der Waals surface area contributed by atoms with Crippen LogP contribution in [-0.4, -0.2) is 33.5 Å². The Bertz CT molecular complexity index is 493. The summed E-state index contributed by atoms with van der Waals surface area (Å²) in [6, 6.07) is 1.20. The molecule has 0 aromatic carbocycles. The van der Waals surface area contributed by atoms with Crippen molar-refractivity contribution in [1.82, 2.24) is 0 Å². The van der Waals surface area contributed by atoms with Gasteiger partial charge < -0.3 is 9.47 Å². The molecule has 120 valence electrons. The topological polar surface area (TPSA) is 18.5 Å². The molecule has 0 N–H and O–H groups in total. The van der Waals surface area contributed by atoms with Gasteiger partial charge in [-0.2, -0.15) is 0 Å². The van der Waals surface area contributed by atoms with Crippen molar-refractivity contribution in [3.05, 3.63) is 36.5 Å². The maximum absolute atomic E-state index is 6.03. The molecule has 4 atom stereocenters. The number of fused-ring (bicyclic) bond motifs is 1. The van der Waals surface area contributed by atoms with E-state index in [1.165, 1.54) is 11.6 Å². The average Bonchev–Trinajstić information content (AvgIpc) is 2.80. The molecule has 1 fully saturated rings. The van der Waals surface area contributed by atoms with Crippen LogP contribution in [0.2, 0.25) is 25.7 Å². The molecule has 2 rings (SSSR count). The predicted molar refractivity (Wildman–Crippen MR) is 95.5 cm³/mol. The lowest BCUT2D eigenvalue weighted by Gasteiger charge is -2.28. The van der Waals surface area contributed by atoms with Gasteiger partial charge in [0.2, 0.25) is 0 Å².